The van der Waals surface area contributed by atoms with E-state index in [1.165, 1.54) is 0 Å². The standard InChI is InChI=1S/C17H18N2O2S/c18-9-3-4-10-19-14-7-1-2-8-15(14)21-16(17(19)20)12-13-6-5-11-22-13/h1-2,5-8,11-12H,3-4,9-10,18H2/b16-12+. The number of amides is 1. The summed E-state index contributed by atoms with van der Waals surface area (Å²) in [7, 11) is 0. The number of ether oxygens (including phenoxy) is 1. The number of fused-ring (bicyclic) bond motifs is 1. The third kappa shape index (κ3) is 3.05. The van der Waals surface area contributed by atoms with Crippen LogP contribution in [0, 0.1) is 0 Å². The molecule has 1 aliphatic rings. The van der Waals surface area contributed by atoms with Gasteiger partial charge in [-0.3, -0.25) is 4.79 Å². The van der Waals surface area contributed by atoms with Gasteiger partial charge in [-0.15, -0.1) is 11.3 Å². The minimum atomic E-state index is -0.0934. The topological polar surface area (TPSA) is 55.6 Å². The molecule has 1 aliphatic heterocycles. The van der Waals surface area contributed by atoms with E-state index >= 15 is 0 Å². The largest absolute Gasteiger partial charge is 0.449 e. The van der Waals surface area contributed by atoms with Crippen LogP contribution in [-0.2, 0) is 4.79 Å². The highest BCUT2D eigenvalue weighted by molar-refractivity contribution is 7.10. The lowest BCUT2D eigenvalue weighted by Crippen LogP contribution is -2.38. The molecule has 1 aromatic carbocycles. The molecule has 0 spiro atoms. The predicted molar refractivity (Wildman–Crippen MR) is 90.0 cm³/mol. The highest BCUT2D eigenvalue weighted by Crippen LogP contribution is 2.35. The molecule has 0 saturated heterocycles. The van der Waals surface area contributed by atoms with Crippen molar-refractivity contribution in [2.24, 2.45) is 5.73 Å². The van der Waals surface area contributed by atoms with Crippen LogP contribution in [0.4, 0.5) is 5.69 Å². The van der Waals surface area contributed by atoms with Crippen LogP contribution >= 0.6 is 11.3 Å². The fraction of sp³-hybridized carbons (Fsp3) is 0.235. The Morgan fingerprint density at radius 2 is 2.05 bits per heavy atom. The third-order valence-corrected chi connectivity index (χ3v) is 4.30. The van der Waals surface area contributed by atoms with E-state index in [0.717, 1.165) is 29.2 Å². The number of thiophene rings is 1. The number of nitrogens with zero attached hydrogens (tertiary/aromatic N) is 1. The number of anilines is 1. The Balaban J connectivity index is 1.92. The van der Waals surface area contributed by atoms with E-state index in [2.05, 4.69) is 0 Å². The summed E-state index contributed by atoms with van der Waals surface area (Å²) in [6, 6.07) is 11.6. The van der Waals surface area contributed by atoms with Crippen LogP contribution in [0.5, 0.6) is 5.75 Å². The second-order valence-electron chi connectivity index (χ2n) is 5.05. The number of hydrogen-bond donors (Lipinski definition) is 1. The molecule has 0 radical (unpaired) electrons. The van der Waals surface area contributed by atoms with Gasteiger partial charge in [0.2, 0.25) is 0 Å². The molecule has 0 fully saturated rings. The lowest BCUT2D eigenvalue weighted by molar-refractivity contribution is -0.117. The molecule has 1 aromatic heterocycles. The quantitative estimate of drug-likeness (QED) is 0.681. The van der Waals surface area contributed by atoms with Crippen molar-refractivity contribution in [3.05, 3.63) is 52.4 Å². The first-order chi connectivity index (χ1) is 10.8. The first kappa shape index (κ1) is 14.8. The van der Waals surface area contributed by atoms with Crippen LogP contribution in [0.1, 0.15) is 17.7 Å². The molecule has 0 saturated carbocycles. The van der Waals surface area contributed by atoms with Crippen molar-refractivity contribution >= 4 is 29.0 Å². The van der Waals surface area contributed by atoms with E-state index in [1.54, 1.807) is 22.3 Å². The van der Waals surface area contributed by atoms with Gasteiger partial charge in [0.15, 0.2) is 11.5 Å². The summed E-state index contributed by atoms with van der Waals surface area (Å²) >= 11 is 1.58. The molecule has 0 unspecified atom stereocenters. The number of unbranched alkanes of at least 4 members (excludes halogenated alkanes) is 1. The number of benzene rings is 1. The van der Waals surface area contributed by atoms with Gasteiger partial charge < -0.3 is 15.4 Å². The molecule has 0 bridgehead atoms. The third-order valence-electron chi connectivity index (χ3n) is 3.48. The lowest BCUT2D eigenvalue weighted by Gasteiger charge is -2.30. The summed E-state index contributed by atoms with van der Waals surface area (Å²) < 4.78 is 5.81. The Morgan fingerprint density at radius 1 is 1.18 bits per heavy atom. The zero-order valence-electron chi connectivity index (χ0n) is 12.2. The molecule has 4 nitrogen and oxygen atoms in total. The second kappa shape index (κ2) is 6.77. The van der Waals surface area contributed by atoms with Gasteiger partial charge in [0.25, 0.3) is 5.91 Å². The Hall–Kier alpha value is -2.11. The number of para-hydroxylation sites is 2. The Bertz CT molecular complexity index is 680. The van der Waals surface area contributed by atoms with Crippen molar-refractivity contribution in [3.63, 3.8) is 0 Å². The van der Waals surface area contributed by atoms with Gasteiger partial charge in [0.1, 0.15) is 0 Å². The first-order valence-corrected chi connectivity index (χ1v) is 8.21. The Morgan fingerprint density at radius 3 is 2.82 bits per heavy atom. The molecule has 114 valence electrons. The minimum absolute atomic E-state index is 0.0934. The van der Waals surface area contributed by atoms with E-state index < -0.39 is 0 Å². The maximum atomic E-state index is 12.7. The summed E-state index contributed by atoms with van der Waals surface area (Å²) in [5.41, 5.74) is 6.38. The van der Waals surface area contributed by atoms with Crippen molar-refractivity contribution in [2.45, 2.75) is 12.8 Å². The number of carbonyl (C=O) groups is 1. The van der Waals surface area contributed by atoms with Gasteiger partial charge >= 0.3 is 0 Å². The van der Waals surface area contributed by atoms with Gasteiger partial charge in [-0.2, -0.15) is 0 Å². The van der Waals surface area contributed by atoms with Crippen LogP contribution < -0.4 is 15.4 Å². The smallest absolute Gasteiger partial charge is 0.294 e. The van der Waals surface area contributed by atoms with E-state index in [1.807, 2.05) is 41.8 Å². The monoisotopic (exact) mass is 314 g/mol. The average Bonchev–Trinajstić information content (AvgIpc) is 3.04. The number of rotatable bonds is 5. The maximum Gasteiger partial charge on any atom is 0.294 e. The molecule has 3 rings (SSSR count). The normalized spacial score (nSPS) is 15.8. The first-order valence-electron chi connectivity index (χ1n) is 7.33. The highest BCUT2D eigenvalue weighted by Gasteiger charge is 2.29. The van der Waals surface area contributed by atoms with Crippen LogP contribution in [0.25, 0.3) is 6.08 Å². The van der Waals surface area contributed by atoms with Crippen LogP contribution in [0.2, 0.25) is 0 Å². The molecule has 2 heterocycles. The van der Waals surface area contributed by atoms with E-state index in [0.29, 0.717) is 18.8 Å². The number of hydrogen-bond acceptors (Lipinski definition) is 4. The number of carbonyl (C=O) groups excluding carboxylic acids is 1. The van der Waals surface area contributed by atoms with Crippen LogP contribution in [0.3, 0.4) is 0 Å². The second-order valence-corrected chi connectivity index (χ2v) is 6.03. The fourth-order valence-corrected chi connectivity index (χ4v) is 3.05. The summed E-state index contributed by atoms with van der Waals surface area (Å²) in [6.07, 6.45) is 3.58. The van der Waals surface area contributed by atoms with Crippen molar-refractivity contribution in [2.75, 3.05) is 18.0 Å². The molecule has 2 N–H and O–H groups in total. The zero-order valence-corrected chi connectivity index (χ0v) is 13.0. The van der Waals surface area contributed by atoms with Gasteiger partial charge in [-0.1, -0.05) is 18.2 Å². The average molecular weight is 314 g/mol. The minimum Gasteiger partial charge on any atom is -0.449 e. The van der Waals surface area contributed by atoms with Gasteiger partial charge in [0.05, 0.1) is 5.69 Å². The van der Waals surface area contributed by atoms with Gasteiger partial charge in [-0.05, 0) is 43.0 Å². The summed E-state index contributed by atoms with van der Waals surface area (Å²) in [6.45, 7) is 1.29. The Kier molecular flexibility index (Phi) is 4.56. The van der Waals surface area contributed by atoms with Crippen molar-refractivity contribution < 1.29 is 9.53 Å². The molecule has 2 aromatic rings. The van der Waals surface area contributed by atoms with Crippen molar-refractivity contribution in [1.29, 1.82) is 0 Å². The summed E-state index contributed by atoms with van der Waals surface area (Å²) in [5, 5.41) is 1.98. The van der Waals surface area contributed by atoms with Crippen LogP contribution in [-0.4, -0.2) is 19.0 Å². The SMILES string of the molecule is NCCCCN1C(=O)/C(=C\c2cccs2)Oc2ccccc21. The predicted octanol–water partition coefficient (Wildman–Crippen LogP) is 3.25. The van der Waals surface area contributed by atoms with Gasteiger partial charge in [-0.25, -0.2) is 0 Å². The van der Waals surface area contributed by atoms with Crippen molar-refractivity contribution in [1.82, 2.24) is 0 Å². The van der Waals surface area contributed by atoms with Crippen LogP contribution in [0.15, 0.2) is 47.5 Å². The molecule has 0 atom stereocenters. The van der Waals surface area contributed by atoms with E-state index in [4.69, 9.17) is 10.5 Å². The van der Waals surface area contributed by atoms with Crippen molar-refractivity contribution in [3.8, 4) is 5.75 Å². The zero-order chi connectivity index (χ0) is 15.4. The molecule has 0 aliphatic carbocycles. The fourth-order valence-electron chi connectivity index (χ4n) is 2.40. The van der Waals surface area contributed by atoms with E-state index in [-0.39, 0.29) is 5.91 Å². The molecule has 5 heteroatoms. The Labute approximate surface area is 133 Å². The summed E-state index contributed by atoms with van der Waals surface area (Å²) in [5.74, 6) is 0.996. The maximum absolute atomic E-state index is 12.7. The lowest BCUT2D eigenvalue weighted by atomic mass is 10.2. The van der Waals surface area contributed by atoms with E-state index in [9.17, 15) is 4.79 Å². The molecule has 22 heavy (non-hydrogen) atoms. The number of nitrogens with two attached hydrogens (primary N) is 1. The molecular formula is C17H18N2O2S. The summed E-state index contributed by atoms with van der Waals surface area (Å²) in [4.78, 5) is 15.5. The molecule has 1 amide bonds. The highest BCUT2D eigenvalue weighted by atomic mass is 32.1. The molecular weight excluding hydrogens is 296 g/mol. The van der Waals surface area contributed by atoms with Gasteiger partial charge in [0, 0.05) is 17.5 Å².